The van der Waals surface area contributed by atoms with Crippen molar-refractivity contribution in [3.8, 4) is 0 Å². The molecular formula is C20H26FN3O5S. The molecule has 2 aliphatic rings. The second-order valence-corrected chi connectivity index (χ2v) is 9.55. The Morgan fingerprint density at radius 3 is 2.77 bits per heavy atom. The van der Waals surface area contributed by atoms with Gasteiger partial charge in [-0.1, -0.05) is 11.8 Å². The first-order valence-electron chi connectivity index (χ1n) is 9.74. The summed E-state index contributed by atoms with van der Waals surface area (Å²) in [5.74, 6) is -0.0167. The minimum Gasteiger partial charge on any atom is -0.444 e. The lowest BCUT2D eigenvalue weighted by atomic mass is 9.68. The maximum atomic E-state index is 15.0. The average Bonchev–Trinajstić information content (AvgIpc) is 2.65. The monoisotopic (exact) mass is 439 g/mol. The minimum atomic E-state index is -1.06. The summed E-state index contributed by atoms with van der Waals surface area (Å²) in [5.41, 5.74) is -1.78. The summed E-state index contributed by atoms with van der Waals surface area (Å²) >= 11 is 1.36. The van der Waals surface area contributed by atoms with Gasteiger partial charge in [-0.3, -0.25) is 20.4 Å². The first kappa shape index (κ1) is 22.5. The number of aliphatic imine (C=N–C) groups is 1. The van der Waals surface area contributed by atoms with Crippen molar-refractivity contribution in [2.75, 3.05) is 12.9 Å². The van der Waals surface area contributed by atoms with Crippen molar-refractivity contribution in [3.05, 3.63) is 39.7 Å². The van der Waals surface area contributed by atoms with E-state index in [0.29, 0.717) is 17.3 Å². The van der Waals surface area contributed by atoms with Crippen molar-refractivity contribution in [1.29, 1.82) is 0 Å². The SMILES string of the molecule is COC1CC[C@H]2CSC(NC(=O)OC(C)(C)C)=N[C@@]2(c2cc([N+](=O)[O-])ccc2F)C1. The number of nitro benzene ring substituents is 1. The van der Waals surface area contributed by atoms with Gasteiger partial charge in [0.25, 0.3) is 5.69 Å². The van der Waals surface area contributed by atoms with E-state index in [4.69, 9.17) is 14.5 Å². The largest absolute Gasteiger partial charge is 0.444 e. The molecule has 0 radical (unpaired) electrons. The number of non-ortho nitro benzene ring substituents is 1. The Hall–Kier alpha value is -2.20. The Labute approximate surface area is 178 Å². The molecule has 10 heteroatoms. The molecule has 8 nitrogen and oxygen atoms in total. The van der Waals surface area contributed by atoms with Crippen molar-refractivity contribution >= 4 is 28.7 Å². The summed E-state index contributed by atoms with van der Waals surface area (Å²) in [6.45, 7) is 5.26. The van der Waals surface area contributed by atoms with Gasteiger partial charge in [-0.2, -0.15) is 0 Å². The van der Waals surface area contributed by atoms with E-state index in [1.54, 1.807) is 27.9 Å². The summed E-state index contributed by atoms with van der Waals surface area (Å²) in [5, 5.41) is 14.3. The molecule has 1 N–H and O–H groups in total. The molecular weight excluding hydrogens is 413 g/mol. The van der Waals surface area contributed by atoms with Gasteiger partial charge in [-0.25, -0.2) is 9.18 Å². The van der Waals surface area contributed by atoms with Crippen molar-refractivity contribution in [2.24, 2.45) is 10.9 Å². The fourth-order valence-corrected chi connectivity index (χ4v) is 5.18. The number of thioether (sulfide) groups is 1. The first-order chi connectivity index (χ1) is 14.0. The number of halogens is 1. The van der Waals surface area contributed by atoms with Gasteiger partial charge in [-0.05, 0) is 45.6 Å². The topological polar surface area (TPSA) is 103 Å². The van der Waals surface area contributed by atoms with Crippen molar-refractivity contribution in [2.45, 2.75) is 57.3 Å². The Balaban J connectivity index is 2.05. The van der Waals surface area contributed by atoms with E-state index in [-0.39, 0.29) is 23.3 Å². The van der Waals surface area contributed by atoms with Gasteiger partial charge in [0.1, 0.15) is 11.4 Å². The molecule has 0 aromatic heterocycles. The van der Waals surface area contributed by atoms with Crippen LogP contribution in [0.25, 0.3) is 0 Å². The Morgan fingerprint density at radius 2 is 2.13 bits per heavy atom. The molecule has 0 spiro atoms. The number of alkyl carbamates (subject to hydrolysis) is 1. The van der Waals surface area contributed by atoms with Gasteiger partial charge in [0.2, 0.25) is 0 Å². The number of hydrogen-bond donors (Lipinski definition) is 1. The van der Waals surface area contributed by atoms with Crippen molar-refractivity contribution in [1.82, 2.24) is 5.32 Å². The van der Waals surface area contributed by atoms with Crippen LogP contribution in [0.5, 0.6) is 0 Å². The molecule has 3 atom stereocenters. The first-order valence-corrected chi connectivity index (χ1v) is 10.7. The predicted molar refractivity (Wildman–Crippen MR) is 112 cm³/mol. The Kier molecular flexibility index (Phi) is 6.37. The van der Waals surface area contributed by atoms with E-state index in [9.17, 15) is 19.3 Å². The lowest BCUT2D eigenvalue weighted by Gasteiger charge is -2.46. The number of carbonyl (C=O) groups is 1. The molecule has 0 bridgehead atoms. The van der Waals surface area contributed by atoms with E-state index in [2.05, 4.69) is 5.32 Å². The predicted octanol–water partition coefficient (Wildman–Crippen LogP) is 4.37. The number of benzene rings is 1. The number of fused-ring (bicyclic) bond motifs is 1. The second-order valence-electron chi connectivity index (χ2n) is 8.54. The molecule has 30 heavy (non-hydrogen) atoms. The van der Waals surface area contributed by atoms with Gasteiger partial charge >= 0.3 is 6.09 Å². The molecule has 164 valence electrons. The summed E-state index contributed by atoms with van der Waals surface area (Å²) in [6, 6.07) is 3.50. The highest BCUT2D eigenvalue weighted by atomic mass is 32.2. The van der Waals surface area contributed by atoms with Crippen LogP contribution in [0.4, 0.5) is 14.9 Å². The number of amides is 1. The fraction of sp³-hybridized carbons (Fsp3) is 0.600. The number of rotatable bonds is 3. The van der Waals surface area contributed by atoms with Crippen LogP contribution in [-0.2, 0) is 15.0 Å². The molecule has 1 aliphatic carbocycles. The molecule has 1 aromatic rings. The highest BCUT2D eigenvalue weighted by Gasteiger charge is 2.50. The van der Waals surface area contributed by atoms with Crippen LogP contribution in [0.3, 0.4) is 0 Å². The number of nitrogens with one attached hydrogen (secondary N) is 1. The molecule has 1 aromatic carbocycles. The highest BCUT2D eigenvalue weighted by Crippen LogP contribution is 2.51. The van der Waals surface area contributed by atoms with Crippen LogP contribution in [0.15, 0.2) is 23.2 Å². The third-order valence-electron chi connectivity index (χ3n) is 5.34. The summed E-state index contributed by atoms with van der Waals surface area (Å²) in [4.78, 5) is 27.8. The minimum absolute atomic E-state index is 0.0467. The number of hydrogen-bond acceptors (Lipinski definition) is 7. The molecule has 1 saturated carbocycles. The normalized spacial score (nSPS) is 26.4. The molecule has 1 aliphatic heterocycles. The number of carbonyl (C=O) groups excluding carboxylic acids is 1. The van der Waals surface area contributed by atoms with E-state index in [0.717, 1.165) is 25.0 Å². The number of nitrogens with zero attached hydrogens (tertiary/aromatic N) is 2. The Morgan fingerprint density at radius 1 is 1.40 bits per heavy atom. The molecule has 1 unspecified atom stereocenters. The summed E-state index contributed by atoms with van der Waals surface area (Å²) < 4.78 is 25.8. The fourth-order valence-electron chi connectivity index (χ4n) is 4.00. The van der Waals surface area contributed by atoms with E-state index >= 15 is 0 Å². The van der Waals surface area contributed by atoms with E-state index in [1.165, 1.54) is 17.8 Å². The molecule has 3 rings (SSSR count). The zero-order valence-corrected chi connectivity index (χ0v) is 18.3. The Bertz CT molecular complexity index is 872. The van der Waals surface area contributed by atoms with Crippen LogP contribution >= 0.6 is 11.8 Å². The maximum absolute atomic E-state index is 15.0. The van der Waals surface area contributed by atoms with Crippen LogP contribution in [0.1, 0.15) is 45.6 Å². The van der Waals surface area contributed by atoms with Crippen molar-refractivity contribution in [3.63, 3.8) is 0 Å². The van der Waals surface area contributed by atoms with Gasteiger partial charge in [0, 0.05) is 37.0 Å². The second kappa shape index (κ2) is 8.50. The van der Waals surface area contributed by atoms with Crippen LogP contribution < -0.4 is 5.32 Å². The van der Waals surface area contributed by atoms with Gasteiger partial charge < -0.3 is 9.47 Å². The van der Waals surface area contributed by atoms with Crippen LogP contribution in [-0.4, -0.2) is 40.8 Å². The van der Waals surface area contributed by atoms with Gasteiger partial charge in [0.05, 0.1) is 16.6 Å². The third-order valence-corrected chi connectivity index (χ3v) is 6.38. The number of ether oxygens (including phenoxy) is 2. The number of amidine groups is 1. The molecule has 1 amide bonds. The van der Waals surface area contributed by atoms with E-state index < -0.39 is 28.0 Å². The van der Waals surface area contributed by atoms with Crippen molar-refractivity contribution < 1.29 is 23.6 Å². The number of nitro groups is 1. The van der Waals surface area contributed by atoms with Crippen LogP contribution in [0, 0.1) is 21.8 Å². The van der Waals surface area contributed by atoms with Gasteiger partial charge in [0.15, 0.2) is 5.17 Å². The third kappa shape index (κ3) is 4.75. The highest BCUT2D eigenvalue weighted by molar-refractivity contribution is 8.13. The standard InChI is InChI=1S/C20H26FN3O5S/c1-19(2,3)29-18(25)22-17-23-20(10-14(28-4)7-5-12(20)11-30-17)15-9-13(24(26)27)6-8-16(15)21/h6,8-9,12,14H,5,7,10-11H2,1-4H3,(H,22,23,25)/t12-,14?,20-/m0/s1. The zero-order valence-electron chi connectivity index (χ0n) is 17.4. The molecule has 1 heterocycles. The maximum Gasteiger partial charge on any atom is 0.413 e. The summed E-state index contributed by atoms with van der Waals surface area (Å²) in [6.07, 6.45) is 1.07. The number of methoxy groups -OCH3 is 1. The van der Waals surface area contributed by atoms with Gasteiger partial charge in [-0.15, -0.1) is 0 Å². The summed E-state index contributed by atoms with van der Waals surface area (Å²) in [7, 11) is 1.59. The molecule has 1 fully saturated rings. The lowest BCUT2D eigenvalue weighted by Crippen LogP contribution is -2.48. The molecule has 0 saturated heterocycles. The zero-order chi connectivity index (χ0) is 22.1. The van der Waals surface area contributed by atoms with E-state index in [1.807, 2.05) is 0 Å². The average molecular weight is 440 g/mol. The van der Waals surface area contributed by atoms with Crippen LogP contribution in [0.2, 0.25) is 0 Å². The lowest BCUT2D eigenvalue weighted by molar-refractivity contribution is -0.385. The smallest absolute Gasteiger partial charge is 0.413 e. The quantitative estimate of drug-likeness (QED) is 0.554.